The van der Waals surface area contributed by atoms with Crippen LogP contribution in [0.25, 0.3) is 0 Å². The highest BCUT2D eigenvalue weighted by Crippen LogP contribution is 2.29. The van der Waals surface area contributed by atoms with E-state index in [1.54, 1.807) is 18.2 Å². The number of halogens is 2. The van der Waals surface area contributed by atoms with Gasteiger partial charge in [0.2, 0.25) is 5.91 Å². The second-order valence-corrected chi connectivity index (χ2v) is 5.54. The van der Waals surface area contributed by atoms with Gasteiger partial charge in [-0.05, 0) is 19.2 Å². The van der Waals surface area contributed by atoms with Crippen LogP contribution < -0.4 is 5.32 Å². The number of benzene rings is 1. The first-order valence-electron chi connectivity index (χ1n) is 6.21. The van der Waals surface area contributed by atoms with Gasteiger partial charge in [-0.2, -0.15) is 0 Å². The van der Waals surface area contributed by atoms with Crippen molar-refractivity contribution in [1.82, 2.24) is 9.80 Å². The van der Waals surface area contributed by atoms with Crippen LogP contribution in [0.5, 0.6) is 0 Å². The van der Waals surface area contributed by atoms with Crippen LogP contribution in [0.15, 0.2) is 18.2 Å². The minimum absolute atomic E-state index is 0.0837. The Morgan fingerprint density at radius 2 is 1.79 bits per heavy atom. The fraction of sp³-hybridized carbons (Fsp3) is 0.462. The number of nitrogens with zero attached hydrogens (tertiary/aromatic N) is 2. The van der Waals surface area contributed by atoms with Crippen molar-refractivity contribution in [3.05, 3.63) is 28.2 Å². The van der Waals surface area contributed by atoms with Gasteiger partial charge in [-0.1, -0.05) is 29.3 Å². The predicted molar refractivity (Wildman–Crippen MR) is 79.0 cm³/mol. The first-order chi connectivity index (χ1) is 9.06. The molecule has 1 fully saturated rings. The Morgan fingerprint density at radius 1 is 1.21 bits per heavy atom. The van der Waals surface area contributed by atoms with Crippen molar-refractivity contribution in [3.63, 3.8) is 0 Å². The van der Waals surface area contributed by atoms with Gasteiger partial charge in [-0.3, -0.25) is 9.69 Å². The molecule has 1 N–H and O–H groups in total. The summed E-state index contributed by atoms with van der Waals surface area (Å²) in [6.07, 6.45) is 0. The van der Waals surface area contributed by atoms with Crippen molar-refractivity contribution in [2.75, 3.05) is 45.1 Å². The largest absolute Gasteiger partial charge is 0.322 e. The normalized spacial score (nSPS) is 17.4. The van der Waals surface area contributed by atoms with Gasteiger partial charge < -0.3 is 10.2 Å². The molecule has 1 aliphatic heterocycles. The van der Waals surface area contributed by atoms with Gasteiger partial charge in [-0.15, -0.1) is 0 Å². The Kier molecular flexibility index (Phi) is 5.05. The highest BCUT2D eigenvalue weighted by Gasteiger charge is 2.17. The number of anilines is 1. The maximum Gasteiger partial charge on any atom is 0.238 e. The van der Waals surface area contributed by atoms with E-state index in [9.17, 15) is 4.79 Å². The lowest BCUT2D eigenvalue weighted by Crippen LogP contribution is -2.47. The molecule has 1 aromatic rings. The van der Waals surface area contributed by atoms with Gasteiger partial charge in [0.25, 0.3) is 0 Å². The Morgan fingerprint density at radius 3 is 2.37 bits per heavy atom. The lowest BCUT2D eigenvalue weighted by Gasteiger charge is -2.31. The summed E-state index contributed by atoms with van der Waals surface area (Å²) in [5, 5.41) is 3.69. The number of amides is 1. The molecule has 0 aliphatic carbocycles. The van der Waals surface area contributed by atoms with Gasteiger partial charge in [0, 0.05) is 26.2 Å². The third kappa shape index (κ3) is 4.08. The molecule has 0 aromatic heterocycles. The summed E-state index contributed by atoms with van der Waals surface area (Å²) in [7, 11) is 2.08. The number of carbonyl (C=O) groups is 1. The number of para-hydroxylation sites is 1. The fourth-order valence-electron chi connectivity index (χ4n) is 2.01. The molecule has 0 atom stereocenters. The molecule has 1 aliphatic rings. The molecule has 1 heterocycles. The highest BCUT2D eigenvalue weighted by atomic mass is 35.5. The van der Waals surface area contributed by atoms with Gasteiger partial charge in [-0.25, -0.2) is 0 Å². The zero-order chi connectivity index (χ0) is 13.8. The van der Waals surface area contributed by atoms with E-state index in [0.717, 1.165) is 26.2 Å². The number of nitrogens with one attached hydrogen (secondary N) is 1. The molecule has 6 heteroatoms. The molecule has 19 heavy (non-hydrogen) atoms. The minimum Gasteiger partial charge on any atom is -0.322 e. The summed E-state index contributed by atoms with van der Waals surface area (Å²) in [4.78, 5) is 16.4. The summed E-state index contributed by atoms with van der Waals surface area (Å²) >= 11 is 12.0. The number of piperazine rings is 1. The number of likely N-dealkylation sites (N-methyl/N-ethyl adjacent to an activating group) is 1. The van der Waals surface area contributed by atoms with E-state index < -0.39 is 0 Å². The maximum atomic E-state index is 12.0. The van der Waals surface area contributed by atoms with Gasteiger partial charge in [0.05, 0.1) is 22.3 Å². The lowest BCUT2D eigenvalue weighted by molar-refractivity contribution is -0.117. The lowest BCUT2D eigenvalue weighted by atomic mass is 10.3. The SMILES string of the molecule is CN1CCN(CC(=O)Nc2c(Cl)cccc2Cl)CC1. The zero-order valence-electron chi connectivity index (χ0n) is 10.8. The number of carbonyl (C=O) groups excluding carboxylic acids is 1. The second kappa shape index (κ2) is 6.57. The average Bonchev–Trinajstić information content (AvgIpc) is 2.37. The molecule has 0 saturated carbocycles. The van der Waals surface area contributed by atoms with E-state index in [-0.39, 0.29) is 5.91 Å². The summed E-state index contributed by atoms with van der Waals surface area (Å²) < 4.78 is 0. The van der Waals surface area contributed by atoms with Crippen molar-refractivity contribution in [2.24, 2.45) is 0 Å². The number of hydrogen-bond donors (Lipinski definition) is 1. The Bertz CT molecular complexity index is 439. The van der Waals surface area contributed by atoms with E-state index >= 15 is 0 Å². The van der Waals surface area contributed by atoms with E-state index in [2.05, 4.69) is 22.2 Å². The molecule has 104 valence electrons. The molecular weight excluding hydrogens is 285 g/mol. The van der Waals surface area contributed by atoms with E-state index in [0.29, 0.717) is 22.3 Å². The summed E-state index contributed by atoms with van der Waals surface area (Å²) in [6, 6.07) is 5.17. The Hall–Kier alpha value is -0.810. The molecule has 2 rings (SSSR count). The van der Waals surface area contributed by atoms with Crippen molar-refractivity contribution in [2.45, 2.75) is 0 Å². The average molecular weight is 302 g/mol. The third-order valence-corrected chi connectivity index (χ3v) is 3.82. The quantitative estimate of drug-likeness (QED) is 0.929. The van der Waals surface area contributed by atoms with Crippen molar-refractivity contribution < 1.29 is 4.79 Å². The van der Waals surface area contributed by atoms with Crippen molar-refractivity contribution >= 4 is 34.8 Å². The second-order valence-electron chi connectivity index (χ2n) is 4.72. The zero-order valence-corrected chi connectivity index (χ0v) is 12.3. The van der Waals surface area contributed by atoms with Crippen molar-refractivity contribution in [1.29, 1.82) is 0 Å². The number of rotatable bonds is 3. The standard InChI is InChI=1S/C13H17Cl2N3O/c1-17-5-7-18(8-6-17)9-12(19)16-13-10(14)3-2-4-11(13)15/h2-4H,5-9H2,1H3,(H,16,19). The van der Waals surface area contributed by atoms with E-state index in [4.69, 9.17) is 23.2 Å². The third-order valence-electron chi connectivity index (χ3n) is 3.19. The van der Waals surface area contributed by atoms with Crippen LogP contribution in [0, 0.1) is 0 Å². The van der Waals surface area contributed by atoms with E-state index in [1.807, 2.05) is 0 Å². The molecule has 1 aromatic carbocycles. The van der Waals surface area contributed by atoms with Crippen LogP contribution in [0.2, 0.25) is 10.0 Å². The van der Waals surface area contributed by atoms with Crippen molar-refractivity contribution in [3.8, 4) is 0 Å². The molecule has 4 nitrogen and oxygen atoms in total. The minimum atomic E-state index is -0.0837. The first kappa shape index (κ1) is 14.6. The Labute approximate surface area is 123 Å². The van der Waals surface area contributed by atoms with Gasteiger partial charge >= 0.3 is 0 Å². The maximum absolute atomic E-state index is 12.0. The number of hydrogen-bond acceptors (Lipinski definition) is 3. The van der Waals surface area contributed by atoms with Crippen LogP contribution in [0.1, 0.15) is 0 Å². The predicted octanol–water partition coefficient (Wildman–Crippen LogP) is 2.18. The summed E-state index contributed by atoms with van der Waals surface area (Å²) in [5.41, 5.74) is 0.491. The molecule has 0 spiro atoms. The topological polar surface area (TPSA) is 35.6 Å². The fourth-order valence-corrected chi connectivity index (χ4v) is 2.50. The summed E-state index contributed by atoms with van der Waals surface area (Å²) in [6.45, 7) is 4.15. The molecule has 1 saturated heterocycles. The van der Waals surface area contributed by atoms with Crippen LogP contribution in [0.3, 0.4) is 0 Å². The molecule has 1 amide bonds. The van der Waals surface area contributed by atoms with Crippen LogP contribution in [-0.4, -0.2) is 55.5 Å². The monoisotopic (exact) mass is 301 g/mol. The summed E-state index contributed by atoms with van der Waals surface area (Å²) in [5.74, 6) is -0.0837. The molecular formula is C13H17Cl2N3O. The van der Waals surface area contributed by atoms with Gasteiger partial charge in [0.1, 0.15) is 0 Å². The molecule has 0 radical (unpaired) electrons. The Balaban J connectivity index is 1.91. The molecule has 0 bridgehead atoms. The van der Waals surface area contributed by atoms with Crippen LogP contribution in [0.4, 0.5) is 5.69 Å². The van der Waals surface area contributed by atoms with E-state index in [1.165, 1.54) is 0 Å². The molecule has 0 unspecified atom stereocenters. The van der Waals surface area contributed by atoms with Crippen LogP contribution >= 0.6 is 23.2 Å². The van der Waals surface area contributed by atoms with Crippen LogP contribution in [-0.2, 0) is 4.79 Å². The van der Waals surface area contributed by atoms with Gasteiger partial charge in [0.15, 0.2) is 0 Å². The first-order valence-corrected chi connectivity index (χ1v) is 6.96. The smallest absolute Gasteiger partial charge is 0.238 e. The highest BCUT2D eigenvalue weighted by molar-refractivity contribution is 6.39.